The van der Waals surface area contributed by atoms with Gasteiger partial charge in [0.1, 0.15) is 24.6 Å². The van der Waals surface area contributed by atoms with Crippen LogP contribution in [0.3, 0.4) is 0 Å². The smallest absolute Gasteiger partial charge is 0.412 e. The van der Waals surface area contributed by atoms with Crippen molar-refractivity contribution in [3.05, 3.63) is 53.8 Å². The summed E-state index contributed by atoms with van der Waals surface area (Å²) >= 11 is 0. The number of aliphatic carboxylic acids is 1. The lowest BCUT2D eigenvalue weighted by Gasteiger charge is -2.20. The predicted octanol–water partition coefficient (Wildman–Crippen LogP) is 6.21. The molecule has 0 heterocycles. The van der Waals surface area contributed by atoms with Crippen LogP contribution in [0.5, 0.6) is 0 Å². The highest BCUT2D eigenvalue weighted by molar-refractivity contribution is 6.07. The highest BCUT2D eigenvalue weighted by Crippen LogP contribution is 2.25. The fourth-order valence-electron chi connectivity index (χ4n) is 3.86. The molecule has 12 heteroatoms. The van der Waals surface area contributed by atoms with Crippen LogP contribution in [0.25, 0.3) is 0 Å². The van der Waals surface area contributed by atoms with E-state index in [4.69, 9.17) is 19.3 Å². The van der Waals surface area contributed by atoms with Gasteiger partial charge < -0.3 is 30.0 Å². The number of hydrogen-bond donors (Lipinski definition) is 4. The third-order valence-electron chi connectivity index (χ3n) is 5.83. The number of carboxylic acid groups (broad SMARTS) is 1. The summed E-state index contributed by atoms with van der Waals surface area (Å²) < 4.78 is 29.5. The van der Waals surface area contributed by atoms with Crippen molar-refractivity contribution >= 4 is 40.9 Å². The maximum atomic E-state index is 13.8. The topological polar surface area (TPSA) is 152 Å². The quantitative estimate of drug-likeness (QED) is 0.147. The molecule has 0 aliphatic carbocycles. The van der Waals surface area contributed by atoms with Crippen LogP contribution in [0.15, 0.2) is 42.5 Å². The summed E-state index contributed by atoms with van der Waals surface area (Å²) in [7, 11) is 0. The minimum atomic E-state index is -0.951. The number of rotatable bonds is 18. The van der Waals surface area contributed by atoms with Crippen molar-refractivity contribution < 1.29 is 42.9 Å². The van der Waals surface area contributed by atoms with Gasteiger partial charge in [-0.1, -0.05) is 32.1 Å². The highest BCUT2D eigenvalue weighted by Gasteiger charge is 2.18. The summed E-state index contributed by atoms with van der Waals surface area (Å²) in [5.74, 6) is -2.36. The van der Waals surface area contributed by atoms with Crippen molar-refractivity contribution in [3.8, 4) is 0 Å². The van der Waals surface area contributed by atoms with Crippen molar-refractivity contribution in [2.75, 3.05) is 42.4 Å². The fraction of sp³-hybridized carbons (Fsp3) is 0.484. The second-order valence-corrected chi connectivity index (χ2v) is 10.9. The summed E-state index contributed by atoms with van der Waals surface area (Å²) in [6, 6.07) is 9.78. The maximum absolute atomic E-state index is 13.8. The van der Waals surface area contributed by atoms with Gasteiger partial charge in [0.15, 0.2) is 0 Å². The Bertz CT molecular complexity index is 1200. The number of unbranched alkanes of at least 4 members (excludes halogenated alkanes) is 6. The van der Waals surface area contributed by atoms with Gasteiger partial charge in [-0.25, -0.2) is 14.0 Å². The number of carbonyl (C=O) groups is 4. The molecular weight excluding hydrogens is 561 g/mol. The molecule has 0 bridgehead atoms. The number of nitrogens with one attached hydrogen (secondary N) is 3. The second kappa shape index (κ2) is 18.5. The molecule has 236 valence electrons. The molecule has 3 amide bonds. The van der Waals surface area contributed by atoms with E-state index >= 15 is 0 Å². The molecule has 2 aromatic carbocycles. The molecule has 0 atom stereocenters. The minimum absolute atomic E-state index is 0.0451. The number of amides is 3. The second-order valence-electron chi connectivity index (χ2n) is 10.9. The molecule has 0 saturated carbocycles. The molecule has 4 N–H and O–H groups in total. The standard InChI is InChI=1S/C31H42FN3O8/c1-31(2,3)43-30(40)35-26-19-23(32)13-16-25(26)34-29(39)22-11-14-24(15-12-22)33-27(36)20-41-17-9-7-5-4-6-8-10-18-42-21-28(37)38/h11-16,19H,4-10,17-18,20-21H2,1-3H3,(H,33,36)(H,34,39)(H,35,40)(H,37,38). The summed E-state index contributed by atoms with van der Waals surface area (Å²) in [6.07, 6.45) is 6.13. The fourth-order valence-corrected chi connectivity index (χ4v) is 3.86. The molecule has 11 nitrogen and oxygen atoms in total. The van der Waals surface area contributed by atoms with E-state index in [9.17, 15) is 23.6 Å². The summed E-state index contributed by atoms with van der Waals surface area (Å²) in [6.45, 7) is 5.70. The summed E-state index contributed by atoms with van der Waals surface area (Å²) in [5.41, 5.74) is 0.256. The van der Waals surface area contributed by atoms with E-state index in [1.165, 1.54) is 18.2 Å². The van der Waals surface area contributed by atoms with Gasteiger partial charge in [0, 0.05) is 24.5 Å². The normalized spacial score (nSPS) is 11.1. The van der Waals surface area contributed by atoms with Crippen molar-refractivity contribution in [3.63, 3.8) is 0 Å². The van der Waals surface area contributed by atoms with Crippen molar-refractivity contribution in [1.82, 2.24) is 0 Å². The van der Waals surface area contributed by atoms with E-state index in [-0.39, 0.29) is 36.1 Å². The summed E-state index contributed by atoms with van der Waals surface area (Å²) in [5, 5.41) is 16.3. The molecule has 0 radical (unpaired) electrons. The molecular formula is C31H42FN3O8. The van der Waals surface area contributed by atoms with Gasteiger partial charge in [0.25, 0.3) is 5.91 Å². The number of anilines is 3. The molecule has 0 aliphatic rings. The Morgan fingerprint density at radius 2 is 1.33 bits per heavy atom. The SMILES string of the molecule is CC(C)(C)OC(=O)Nc1cc(F)ccc1NC(=O)c1ccc(NC(=O)COCCCCCCCCCOCC(=O)O)cc1. The first-order valence-corrected chi connectivity index (χ1v) is 14.3. The average molecular weight is 604 g/mol. The van der Waals surface area contributed by atoms with Gasteiger partial charge in [0.2, 0.25) is 5.91 Å². The number of benzene rings is 2. The van der Waals surface area contributed by atoms with Gasteiger partial charge in [-0.2, -0.15) is 0 Å². The third kappa shape index (κ3) is 15.7. The Morgan fingerprint density at radius 1 is 0.744 bits per heavy atom. The molecule has 2 aromatic rings. The van der Waals surface area contributed by atoms with Crippen LogP contribution in [-0.4, -0.2) is 61.0 Å². The van der Waals surface area contributed by atoms with E-state index in [0.717, 1.165) is 57.1 Å². The predicted molar refractivity (Wildman–Crippen MR) is 161 cm³/mol. The minimum Gasteiger partial charge on any atom is -0.480 e. The van der Waals surface area contributed by atoms with Crippen molar-refractivity contribution in [2.45, 2.75) is 71.3 Å². The van der Waals surface area contributed by atoms with E-state index in [1.807, 2.05) is 0 Å². The van der Waals surface area contributed by atoms with Crippen molar-refractivity contribution in [2.24, 2.45) is 0 Å². The van der Waals surface area contributed by atoms with Gasteiger partial charge >= 0.3 is 12.1 Å². The Kier molecular flexibility index (Phi) is 15.1. The average Bonchev–Trinajstić information content (AvgIpc) is 2.92. The molecule has 0 aliphatic heterocycles. The lowest BCUT2D eigenvalue weighted by Crippen LogP contribution is -2.27. The lowest BCUT2D eigenvalue weighted by molar-refractivity contribution is -0.142. The Labute approximate surface area is 251 Å². The molecule has 2 rings (SSSR count). The van der Waals surface area contributed by atoms with Crippen molar-refractivity contribution in [1.29, 1.82) is 0 Å². The van der Waals surface area contributed by atoms with E-state index in [1.54, 1.807) is 32.9 Å². The van der Waals surface area contributed by atoms with Crippen LogP contribution >= 0.6 is 0 Å². The zero-order valence-electron chi connectivity index (χ0n) is 25.0. The van der Waals surface area contributed by atoms with Crippen LogP contribution in [-0.2, 0) is 23.8 Å². The van der Waals surface area contributed by atoms with Crippen LogP contribution < -0.4 is 16.0 Å². The monoisotopic (exact) mass is 603 g/mol. The van der Waals surface area contributed by atoms with Gasteiger partial charge in [-0.05, 0) is 76.1 Å². The number of carbonyl (C=O) groups excluding carboxylic acids is 3. The summed E-state index contributed by atoms with van der Waals surface area (Å²) in [4.78, 5) is 47.5. The van der Waals surface area contributed by atoms with Crippen LogP contribution in [0.2, 0.25) is 0 Å². The van der Waals surface area contributed by atoms with E-state index in [2.05, 4.69) is 16.0 Å². The third-order valence-corrected chi connectivity index (χ3v) is 5.83. The first-order chi connectivity index (χ1) is 20.4. The first kappa shape index (κ1) is 35.2. The maximum Gasteiger partial charge on any atom is 0.412 e. The number of carboxylic acids is 1. The molecule has 0 unspecified atom stereocenters. The van der Waals surface area contributed by atoms with Crippen LogP contribution in [0.4, 0.5) is 26.2 Å². The zero-order chi connectivity index (χ0) is 31.7. The lowest BCUT2D eigenvalue weighted by atomic mass is 10.1. The largest absolute Gasteiger partial charge is 0.480 e. The molecule has 0 aromatic heterocycles. The molecule has 0 saturated heterocycles. The van der Waals surface area contributed by atoms with Gasteiger partial charge in [-0.15, -0.1) is 0 Å². The van der Waals surface area contributed by atoms with Gasteiger partial charge in [-0.3, -0.25) is 14.9 Å². The van der Waals surface area contributed by atoms with Crippen LogP contribution in [0.1, 0.15) is 76.1 Å². The Hall–Kier alpha value is -4.03. The van der Waals surface area contributed by atoms with E-state index < -0.39 is 29.4 Å². The Morgan fingerprint density at radius 3 is 1.91 bits per heavy atom. The first-order valence-electron chi connectivity index (χ1n) is 14.3. The Balaban J connectivity index is 1.67. The molecule has 0 spiro atoms. The molecule has 43 heavy (non-hydrogen) atoms. The van der Waals surface area contributed by atoms with Gasteiger partial charge in [0.05, 0.1) is 11.4 Å². The molecule has 0 fully saturated rings. The number of ether oxygens (including phenoxy) is 3. The number of halogens is 1. The van der Waals surface area contributed by atoms with E-state index in [0.29, 0.717) is 18.9 Å². The zero-order valence-corrected chi connectivity index (χ0v) is 25.0. The number of hydrogen-bond acceptors (Lipinski definition) is 7. The highest BCUT2D eigenvalue weighted by atomic mass is 19.1. The van der Waals surface area contributed by atoms with Crippen LogP contribution in [0, 0.1) is 5.82 Å².